The first kappa shape index (κ1) is 20.4. The van der Waals surface area contributed by atoms with Crippen LogP contribution in [-0.4, -0.2) is 24.2 Å². The fraction of sp³-hybridized carbons (Fsp3) is 0.182. The Balaban J connectivity index is 1.44. The summed E-state index contributed by atoms with van der Waals surface area (Å²) in [6.07, 6.45) is -0.687. The summed E-state index contributed by atoms with van der Waals surface area (Å²) >= 11 is 5.19. The van der Waals surface area contributed by atoms with E-state index in [0.29, 0.717) is 17.4 Å². The van der Waals surface area contributed by atoms with Crippen LogP contribution in [0.15, 0.2) is 66.7 Å². The predicted molar refractivity (Wildman–Crippen MR) is 118 cm³/mol. The molecule has 0 unspecified atom stereocenters. The average molecular weight is 410 g/mol. The van der Waals surface area contributed by atoms with Gasteiger partial charge in [0.05, 0.1) is 7.11 Å². The van der Waals surface area contributed by atoms with Crippen molar-refractivity contribution in [1.82, 2.24) is 16.2 Å². The number of benzene rings is 3. The lowest BCUT2D eigenvalue weighted by Gasteiger charge is -2.17. The van der Waals surface area contributed by atoms with E-state index in [-0.39, 0.29) is 5.91 Å². The highest BCUT2D eigenvalue weighted by Gasteiger charge is 2.15. The molecular formula is C22H23N3O3S. The largest absolute Gasteiger partial charge is 0.497 e. The zero-order valence-corrected chi connectivity index (χ0v) is 17.1. The number of amides is 1. The molecule has 3 rings (SSSR count). The van der Waals surface area contributed by atoms with Crippen LogP contribution in [0.25, 0.3) is 10.8 Å². The Morgan fingerprint density at radius 1 is 0.966 bits per heavy atom. The van der Waals surface area contributed by atoms with Crippen molar-refractivity contribution in [2.45, 2.75) is 19.6 Å². The molecule has 1 amide bonds. The molecule has 0 aromatic heterocycles. The molecule has 0 bridgehead atoms. The van der Waals surface area contributed by atoms with E-state index < -0.39 is 6.10 Å². The number of hydrazine groups is 1. The number of thiocarbonyl (C=S) groups is 1. The summed E-state index contributed by atoms with van der Waals surface area (Å²) in [6, 6.07) is 21.3. The van der Waals surface area contributed by atoms with Crippen molar-refractivity contribution in [3.63, 3.8) is 0 Å². The van der Waals surface area contributed by atoms with Crippen LogP contribution in [0.2, 0.25) is 0 Å². The Labute approximate surface area is 175 Å². The van der Waals surface area contributed by atoms with Crippen LogP contribution in [0.1, 0.15) is 12.5 Å². The second-order valence-electron chi connectivity index (χ2n) is 6.41. The fourth-order valence-electron chi connectivity index (χ4n) is 2.69. The summed E-state index contributed by atoms with van der Waals surface area (Å²) in [4.78, 5) is 12.3. The van der Waals surface area contributed by atoms with Crippen LogP contribution in [0, 0.1) is 0 Å². The molecule has 0 saturated carbocycles. The average Bonchev–Trinajstić information content (AvgIpc) is 2.76. The van der Waals surface area contributed by atoms with Gasteiger partial charge in [0.15, 0.2) is 11.2 Å². The monoisotopic (exact) mass is 409 g/mol. The van der Waals surface area contributed by atoms with E-state index in [4.69, 9.17) is 21.7 Å². The highest BCUT2D eigenvalue weighted by Crippen LogP contribution is 2.21. The summed E-state index contributed by atoms with van der Waals surface area (Å²) in [7, 11) is 1.62. The molecule has 0 heterocycles. The lowest BCUT2D eigenvalue weighted by atomic mass is 10.1. The third kappa shape index (κ3) is 5.83. The molecule has 0 aliphatic heterocycles. The zero-order chi connectivity index (χ0) is 20.6. The minimum absolute atomic E-state index is 0.312. The van der Waals surface area contributed by atoms with E-state index in [1.807, 2.05) is 66.7 Å². The molecule has 0 spiro atoms. The van der Waals surface area contributed by atoms with Gasteiger partial charge in [0.25, 0.3) is 5.91 Å². The fourth-order valence-corrected chi connectivity index (χ4v) is 2.81. The second-order valence-corrected chi connectivity index (χ2v) is 6.82. The van der Waals surface area contributed by atoms with E-state index in [1.54, 1.807) is 14.0 Å². The molecular weight excluding hydrogens is 386 g/mol. The summed E-state index contributed by atoms with van der Waals surface area (Å²) < 4.78 is 10.9. The van der Waals surface area contributed by atoms with Gasteiger partial charge in [0.2, 0.25) is 0 Å². The molecule has 0 aliphatic carbocycles. The van der Waals surface area contributed by atoms with Crippen LogP contribution in [0.4, 0.5) is 0 Å². The minimum Gasteiger partial charge on any atom is -0.497 e. The quantitative estimate of drug-likeness (QED) is 0.429. The molecule has 3 N–H and O–H groups in total. The van der Waals surface area contributed by atoms with Gasteiger partial charge >= 0.3 is 0 Å². The van der Waals surface area contributed by atoms with Crippen LogP contribution in [-0.2, 0) is 11.3 Å². The van der Waals surface area contributed by atoms with Gasteiger partial charge in [-0.3, -0.25) is 15.6 Å². The number of rotatable bonds is 6. The summed E-state index contributed by atoms with van der Waals surface area (Å²) in [6.45, 7) is 2.20. The van der Waals surface area contributed by atoms with Crippen molar-refractivity contribution >= 4 is 34.0 Å². The Hall–Kier alpha value is -3.32. The van der Waals surface area contributed by atoms with E-state index in [1.165, 1.54) is 0 Å². The van der Waals surface area contributed by atoms with Gasteiger partial charge in [-0.05, 0) is 59.7 Å². The van der Waals surface area contributed by atoms with Crippen LogP contribution in [0.3, 0.4) is 0 Å². The summed E-state index contributed by atoms with van der Waals surface area (Å²) in [5.74, 6) is 1.10. The molecule has 3 aromatic carbocycles. The van der Waals surface area contributed by atoms with E-state index >= 15 is 0 Å². The molecule has 7 heteroatoms. The summed E-state index contributed by atoms with van der Waals surface area (Å²) in [5, 5.41) is 5.51. The van der Waals surface area contributed by atoms with E-state index in [0.717, 1.165) is 22.1 Å². The van der Waals surface area contributed by atoms with Crippen molar-refractivity contribution in [2.24, 2.45) is 0 Å². The van der Waals surface area contributed by atoms with Gasteiger partial charge in [0, 0.05) is 6.54 Å². The Bertz CT molecular complexity index is 992. The third-order valence-electron chi connectivity index (χ3n) is 4.31. The van der Waals surface area contributed by atoms with Gasteiger partial charge in [0.1, 0.15) is 11.5 Å². The first-order valence-electron chi connectivity index (χ1n) is 9.17. The smallest absolute Gasteiger partial charge is 0.279 e. The maximum atomic E-state index is 12.3. The Kier molecular flexibility index (Phi) is 6.86. The standard InChI is InChI=1S/C22H23N3O3S/c1-15(28-20-12-9-17-5-3-4-6-18(17)13-20)21(26)24-25-22(29)23-14-16-7-10-19(27-2)11-8-16/h3-13,15H,14H2,1-2H3,(H,24,26)(H2,23,25,29)/t15-/m0/s1. The lowest BCUT2D eigenvalue weighted by Crippen LogP contribution is -2.50. The van der Waals surface area contributed by atoms with E-state index in [9.17, 15) is 4.79 Å². The molecule has 0 fully saturated rings. The van der Waals surface area contributed by atoms with E-state index in [2.05, 4.69) is 16.2 Å². The number of carbonyl (C=O) groups excluding carboxylic acids is 1. The van der Waals surface area contributed by atoms with Crippen LogP contribution in [0.5, 0.6) is 11.5 Å². The number of fused-ring (bicyclic) bond motifs is 1. The first-order valence-corrected chi connectivity index (χ1v) is 9.58. The molecule has 29 heavy (non-hydrogen) atoms. The highest BCUT2D eigenvalue weighted by molar-refractivity contribution is 7.80. The number of methoxy groups -OCH3 is 1. The normalized spacial score (nSPS) is 11.4. The summed E-state index contributed by atoms with van der Waals surface area (Å²) in [5.41, 5.74) is 6.28. The number of hydrogen-bond donors (Lipinski definition) is 3. The SMILES string of the molecule is COc1ccc(CNC(=S)NNC(=O)[C@H](C)Oc2ccc3ccccc3c2)cc1. The number of hydrogen-bond acceptors (Lipinski definition) is 4. The van der Waals surface area contributed by atoms with Gasteiger partial charge in [-0.15, -0.1) is 0 Å². The number of ether oxygens (including phenoxy) is 2. The topological polar surface area (TPSA) is 71.6 Å². The molecule has 6 nitrogen and oxygen atoms in total. The maximum Gasteiger partial charge on any atom is 0.279 e. The Morgan fingerprint density at radius 2 is 1.66 bits per heavy atom. The van der Waals surface area contributed by atoms with Gasteiger partial charge in [-0.1, -0.05) is 42.5 Å². The third-order valence-corrected chi connectivity index (χ3v) is 4.56. The number of carbonyl (C=O) groups is 1. The molecule has 0 saturated heterocycles. The van der Waals surface area contributed by atoms with Crippen molar-refractivity contribution in [2.75, 3.05) is 7.11 Å². The maximum absolute atomic E-state index is 12.3. The number of nitrogens with one attached hydrogen (secondary N) is 3. The lowest BCUT2D eigenvalue weighted by molar-refractivity contribution is -0.127. The highest BCUT2D eigenvalue weighted by atomic mass is 32.1. The second kappa shape index (κ2) is 9.75. The Morgan fingerprint density at radius 3 is 2.38 bits per heavy atom. The molecule has 150 valence electrons. The van der Waals surface area contributed by atoms with Crippen molar-refractivity contribution < 1.29 is 14.3 Å². The van der Waals surface area contributed by atoms with Gasteiger partial charge in [-0.2, -0.15) is 0 Å². The van der Waals surface area contributed by atoms with Gasteiger partial charge < -0.3 is 14.8 Å². The van der Waals surface area contributed by atoms with Gasteiger partial charge in [-0.25, -0.2) is 0 Å². The zero-order valence-electron chi connectivity index (χ0n) is 16.3. The molecule has 0 aliphatic rings. The van der Waals surface area contributed by atoms with Crippen molar-refractivity contribution in [1.29, 1.82) is 0 Å². The van der Waals surface area contributed by atoms with Crippen LogP contribution < -0.4 is 25.6 Å². The molecule has 3 aromatic rings. The molecule has 1 atom stereocenters. The van der Waals surface area contributed by atoms with Crippen LogP contribution >= 0.6 is 12.2 Å². The molecule has 0 radical (unpaired) electrons. The van der Waals surface area contributed by atoms with Crippen molar-refractivity contribution in [3.05, 3.63) is 72.3 Å². The van der Waals surface area contributed by atoms with Crippen molar-refractivity contribution in [3.8, 4) is 11.5 Å². The first-order chi connectivity index (χ1) is 14.0. The predicted octanol–water partition coefficient (Wildman–Crippen LogP) is 3.31. The minimum atomic E-state index is -0.687.